The summed E-state index contributed by atoms with van der Waals surface area (Å²) < 4.78 is 10.6. The van der Waals surface area contributed by atoms with Gasteiger partial charge in [-0.25, -0.2) is 4.79 Å². The number of ether oxygens (including phenoxy) is 2. The summed E-state index contributed by atoms with van der Waals surface area (Å²) in [5.74, 6) is -0.605. The molecule has 0 aliphatic carbocycles. The highest BCUT2D eigenvalue weighted by Crippen LogP contribution is 2.18. The lowest BCUT2D eigenvalue weighted by atomic mass is 10.0. The number of carboxylic acids is 1. The number of nitrogens with one attached hydrogen (secondary N) is 1. The third kappa shape index (κ3) is 5.61. The van der Waals surface area contributed by atoms with Crippen LogP contribution < -0.4 is 10.1 Å². The van der Waals surface area contributed by atoms with Crippen LogP contribution in [0.4, 0.5) is 0 Å². The van der Waals surface area contributed by atoms with Gasteiger partial charge in [-0.15, -0.1) is 0 Å². The first-order valence-electron chi connectivity index (χ1n) is 7.89. The maximum Gasteiger partial charge on any atom is 0.335 e. The Morgan fingerprint density at radius 1 is 1.00 bits per heavy atom. The zero-order chi connectivity index (χ0) is 18.1. The van der Waals surface area contributed by atoms with E-state index in [9.17, 15) is 9.59 Å². The third-order valence-corrected chi connectivity index (χ3v) is 3.59. The van der Waals surface area contributed by atoms with E-state index >= 15 is 0 Å². The third-order valence-electron chi connectivity index (χ3n) is 3.59. The molecule has 0 heterocycles. The minimum absolute atomic E-state index is 0.00910. The smallest absolute Gasteiger partial charge is 0.335 e. The molecule has 1 amide bonds. The second kappa shape index (κ2) is 9.44. The summed E-state index contributed by atoms with van der Waals surface area (Å²) >= 11 is 0. The van der Waals surface area contributed by atoms with Gasteiger partial charge in [0.25, 0.3) is 0 Å². The molecule has 25 heavy (non-hydrogen) atoms. The minimum Gasteiger partial charge on any atom is -0.491 e. The number of hydrogen-bond donors (Lipinski definition) is 2. The van der Waals surface area contributed by atoms with Crippen molar-refractivity contribution in [3.05, 3.63) is 65.2 Å². The molecule has 0 aliphatic heterocycles. The first-order valence-corrected chi connectivity index (χ1v) is 7.89. The van der Waals surface area contributed by atoms with E-state index in [0.717, 1.165) is 5.56 Å². The molecule has 0 saturated carbocycles. The van der Waals surface area contributed by atoms with Crippen molar-refractivity contribution in [2.24, 2.45) is 0 Å². The monoisotopic (exact) mass is 343 g/mol. The van der Waals surface area contributed by atoms with Crippen molar-refractivity contribution >= 4 is 11.9 Å². The SMILES string of the molecule is COCCOc1ccccc1CNC(=O)Cc1ccccc1C(=O)O. The summed E-state index contributed by atoms with van der Waals surface area (Å²) in [5.41, 5.74) is 1.47. The van der Waals surface area contributed by atoms with Gasteiger partial charge >= 0.3 is 5.97 Å². The molecule has 2 aromatic carbocycles. The topological polar surface area (TPSA) is 84.9 Å². The molecule has 0 radical (unpaired) electrons. The second-order valence-corrected chi connectivity index (χ2v) is 5.36. The normalized spacial score (nSPS) is 10.3. The van der Waals surface area contributed by atoms with Crippen molar-refractivity contribution < 1.29 is 24.2 Å². The molecule has 2 rings (SSSR count). The zero-order valence-electron chi connectivity index (χ0n) is 14.0. The molecule has 0 unspecified atom stereocenters. The van der Waals surface area contributed by atoms with E-state index in [1.54, 1.807) is 25.3 Å². The molecule has 0 aliphatic rings. The first kappa shape index (κ1) is 18.5. The van der Waals surface area contributed by atoms with Crippen LogP contribution in [0.25, 0.3) is 0 Å². The predicted octanol–water partition coefficient (Wildman–Crippen LogP) is 2.27. The average Bonchev–Trinajstić information content (AvgIpc) is 2.61. The lowest BCUT2D eigenvalue weighted by Gasteiger charge is -2.12. The molecule has 0 spiro atoms. The zero-order valence-corrected chi connectivity index (χ0v) is 14.0. The highest BCUT2D eigenvalue weighted by molar-refractivity contribution is 5.91. The van der Waals surface area contributed by atoms with Crippen LogP contribution in [0, 0.1) is 0 Å². The van der Waals surface area contributed by atoms with Crippen molar-refractivity contribution in [2.75, 3.05) is 20.3 Å². The molecule has 0 aromatic heterocycles. The number of carboxylic acid groups (broad SMARTS) is 1. The molecule has 2 aromatic rings. The summed E-state index contributed by atoms with van der Waals surface area (Å²) in [6.45, 7) is 1.21. The van der Waals surface area contributed by atoms with E-state index in [0.29, 0.717) is 31.1 Å². The Bertz CT molecular complexity index is 729. The summed E-state index contributed by atoms with van der Waals surface area (Å²) in [5, 5.41) is 12.0. The van der Waals surface area contributed by atoms with E-state index in [-0.39, 0.29) is 17.9 Å². The van der Waals surface area contributed by atoms with Crippen molar-refractivity contribution in [3.8, 4) is 5.75 Å². The fraction of sp³-hybridized carbons (Fsp3) is 0.263. The molecule has 0 saturated heterocycles. The minimum atomic E-state index is -1.04. The number of carbonyl (C=O) groups is 2. The van der Waals surface area contributed by atoms with Gasteiger partial charge in [-0.3, -0.25) is 4.79 Å². The summed E-state index contributed by atoms with van der Waals surface area (Å²) in [7, 11) is 1.60. The summed E-state index contributed by atoms with van der Waals surface area (Å²) in [6.07, 6.45) is 0.00910. The Labute approximate surface area is 146 Å². The number of aromatic carboxylic acids is 1. The van der Waals surface area contributed by atoms with Gasteiger partial charge in [0.15, 0.2) is 0 Å². The number of benzene rings is 2. The van der Waals surface area contributed by atoms with Crippen molar-refractivity contribution in [3.63, 3.8) is 0 Å². The van der Waals surface area contributed by atoms with Gasteiger partial charge in [0, 0.05) is 19.2 Å². The van der Waals surface area contributed by atoms with Crippen molar-refractivity contribution in [1.82, 2.24) is 5.32 Å². The number of rotatable bonds is 9. The lowest BCUT2D eigenvalue weighted by molar-refractivity contribution is -0.120. The van der Waals surface area contributed by atoms with Gasteiger partial charge in [0.1, 0.15) is 12.4 Å². The van der Waals surface area contributed by atoms with Crippen molar-refractivity contribution in [2.45, 2.75) is 13.0 Å². The lowest BCUT2D eigenvalue weighted by Crippen LogP contribution is -2.25. The Morgan fingerprint density at radius 3 is 2.40 bits per heavy atom. The Morgan fingerprint density at radius 2 is 1.68 bits per heavy atom. The number of para-hydroxylation sites is 1. The number of amides is 1. The highest BCUT2D eigenvalue weighted by Gasteiger charge is 2.13. The summed E-state index contributed by atoms with van der Waals surface area (Å²) in [6, 6.07) is 13.9. The van der Waals surface area contributed by atoms with Crippen LogP contribution in [0.1, 0.15) is 21.5 Å². The van der Waals surface area contributed by atoms with Crippen LogP contribution in [-0.2, 0) is 22.5 Å². The van der Waals surface area contributed by atoms with Gasteiger partial charge in [-0.05, 0) is 17.7 Å². The van der Waals surface area contributed by atoms with Crippen LogP contribution in [0.3, 0.4) is 0 Å². The predicted molar refractivity (Wildman–Crippen MR) is 92.8 cm³/mol. The highest BCUT2D eigenvalue weighted by atomic mass is 16.5. The molecular weight excluding hydrogens is 322 g/mol. The van der Waals surface area contributed by atoms with E-state index in [2.05, 4.69) is 5.32 Å². The number of hydrogen-bond acceptors (Lipinski definition) is 4. The average molecular weight is 343 g/mol. The fourth-order valence-electron chi connectivity index (χ4n) is 2.34. The van der Waals surface area contributed by atoms with Crippen molar-refractivity contribution in [1.29, 1.82) is 0 Å². The van der Waals surface area contributed by atoms with E-state index < -0.39 is 5.97 Å². The largest absolute Gasteiger partial charge is 0.491 e. The first-order chi connectivity index (χ1) is 12.1. The fourth-order valence-corrected chi connectivity index (χ4v) is 2.34. The molecule has 0 bridgehead atoms. The van der Waals surface area contributed by atoms with Gasteiger partial charge in [-0.1, -0.05) is 36.4 Å². The standard InChI is InChI=1S/C19H21NO5/c1-24-10-11-25-17-9-5-3-7-15(17)13-20-18(21)12-14-6-2-4-8-16(14)19(22)23/h2-9H,10-13H2,1H3,(H,20,21)(H,22,23). The quantitative estimate of drug-likeness (QED) is 0.682. The van der Waals surface area contributed by atoms with Gasteiger partial charge in [0.05, 0.1) is 18.6 Å². The second-order valence-electron chi connectivity index (χ2n) is 5.36. The molecule has 2 N–H and O–H groups in total. The van der Waals surface area contributed by atoms with Crippen LogP contribution in [-0.4, -0.2) is 37.3 Å². The maximum atomic E-state index is 12.2. The number of carbonyl (C=O) groups excluding carboxylic acids is 1. The number of methoxy groups -OCH3 is 1. The molecule has 0 atom stereocenters. The molecule has 6 nitrogen and oxygen atoms in total. The van der Waals surface area contributed by atoms with E-state index in [1.165, 1.54) is 6.07 Å². The molecule has 132 valence electrons. The van der Waals surface area contributed by atoms with Crippen LogP contribution in [0.15, 0.2) is 48.5 Å². The van der Waals surface area contributed by atoms with Crippen LogP contribution in [0.2, 0.25) is 0 Å². The molecular formula is C19H21NO5. The Hall–Kier alpha value is -2.86. The van der Waals surface area contributed by atoms with E-state index in [4.69, 9.17) is 14.6 Å². The van der Waals surface area contributed by atoms with Crippen LogP contribution >= 0.6 is 0 Å². The van der Waals surface area contributed by atoms with Gasteiger partial charge in [0.2, 0.25) is 5.91 Å². The Kier molecular flexibility index (Phi) is 6.98. The Balaban J connectivity index is 1.96. The maximum absolute atomic E-state index is 12.2. The summed E-state index contributed by atoms with van der Waals surface area (Å²) in [4.78, 5) is 23.4. The van der Waals surface area contributed by atoms with Gasteiger partial charge < -0.3 is 19.9 Å². The molecule has 6 heteroatoms. The molecule has 0 fully saturated rings. The van der Waals surface area contributed by atoms with E-state index in [1.807, 2.05) is 24.3 Å². The van der Waals surface area contributed by atoms with Gasteiger partial charge in [-0.2, -0.15) is 0 Å². The van der Waals surface area contributed by atoms with Crippen LogP contribution in [0.5, 0.6) is 5.75 Å².